The first kappa shape index (κ1) is 26.6. The number of methoxy groups -OCH3 is 1. The Morgan fingerprint density at radius 3 is 2.23 bits per heavy atom. The third kappa shape index (κ3) is 7.22. The maximum atomic E-state index is 12.2. The van der Waals surface area contributed by atoms with Gasteiger partial charge in [-0.25, -0.2) is 9.59 Å². The molecule has 0 heterocycles. The molecule has 3 rings (SSSR count). The van der Waals surface area contributed by atoms with Crippen LogP contribution in [0.5, 0.6) is 0 Å². The van der Waals surface area contributed by atoms with Crippen LogP contribution in [0.4, 0.5) is 4.79 Å². The molecule has 0 aromatic heterocycles. The van der Waals surface area contributed by atoms with Crippen molar-refractivity contribution in [2.24, 2.45) is 0 Å². The van der Waals surface area contributed by atoms with Crippen LogP contribution in [0, 0.1) is 0 Å². The summed E-state index contributed by atoms with van der Waals surface area (Å²) < 4.78 is 10.7. The van der Waals surface area contributed by atoms with Gasteiger partial charge in [-0.3, -0.25) is 4.79 Å². The van der Waals surface area contributed by atoms with Gasteiger partial charge in [0.15, 0.2) is 0 Å². The van der Waals surface area contributed by atoms with E-state index < -0.39 is 23.7 Å². The number of thioether (sulfide) groups is 1. The Morgan fingerprint density at radius 2 is 1.66 bits per heavy atom. The van der Waals surface area contributed by atoms with E-state index >= 15 is 0 Å². The van der Waals surface area contributed by atoms with Gasteiger partial charge in [0, 0.05) is 31.7 Å². The molecule has 0 radical (unpaired) electrons. The number of carboxylic acid groups (broad SMARTS) is 1. The van der Waals surface area contributed by atoms with Crippen molar-refractivity contribution in [2.45, 2.75) is 37.8 Å². The highest BCUT2D eigenvalue weighted by atomic mass is 32.2. The summed E-state index contributed by atoms with van der Waals surface area (Å²) in [5.74, 6) is -0.917. The lowest BCUT2D eigenvalue weighted by Crippen LogP contribution is -2.46. The monoisotopic (exact) mass is 500 g/mol. The smallest absolute Gasteiger partial charge is 0.407 e. The molecule has 0 spiro atoms. The van der Waals surface area contributed by atoms with Crippen molar-refractivity contribution in [3.8, 4) is 11.1 Å². The molecule has 9 heteroatoms. The van der Waals surface area contributed by atoms with E-state index in [1.54, 1.807) is 13.8 Å². The first-order chi connectivity index (χ1) is 16.7. The van der Waals surface area contributed by atoms with E-state index in [0.717, 1.165) is 11.1 Å². The first-order valence-corrected chi connectivity index (χ1v) is 12.6. The zero-order valence-electron chi connectivity index (χ0n) is 20.2. The molecule has 3 N–H and O–H groups in total. The fraction of sp³-hybridized carbons (Fsp3) is 0.423. The van der Waals surface area contributed by atoms with Gasteiger partial charge >= 0.3 is 12.1 Å². The normalized spacial score (nSPS) is 13.5. The minimum absolute atomic E-state index is 0.00325. The Bertz CT molecular complexity index is 1010. The zero-order valence-corrected chi connectivity index (χ0v) is 21.0. The number of amides is 2. The lowest BCUT2D eigenvalue weighted by atomic mass is 9.98. The molecule has 2 aromatic carbocycles. The first-order valence-electron chi connectivity index (χ1n) is 11.5. The average molecular weight is 501 g/mol. The summed E-state index contributed by atoms with van der Waals surface area (Å²) in [6.07, 6.45) is -0.358. The second kappa shape index (κ2) is 12.1. The topological polar surface area (TPSA) is 114 Å². The SMILES string of the molecule is COC(C)(C)CC(NC(=O)CSCCNC(=O)OCC1c2ccccc2-c2ccccc21)C(=O)O. The average Bonchev–Trinajstić information content (AvgIpc) is 3.15. The molecular formula is C26H32N2O6S. The second-order valence-corrected chi connectivity index (χ2v) is 10.0. The van der Waals surface area contributed by atoms with Crippen LogP contribution in [0.3, 0.4) is 0 Å². The number of fused-ring (bicyclic) bond motifs is 3. The molecule has 8 nitrogen and oxygen atoms in total. The number of carboxylic acids is 1. The van der Waals surface area contributed by atoms with Gasteiger partial charge in [0.1, 0.15) is 12.6 Å². The number of carbonyl (C=O) groups excluding carboxylic acids is 2. The maximum absolute atomic E-state index is 12.2. The van der Waals surface area contributed by atoms with E-state index in [2.05, 4.69) is 34.9 Å². The Labute approximate surface area is 209 Å². The van der Waals surface area contributed by atoms with Crippen LogP contribution in [0.15, 0.2) is 48.5 Å². The molecule has 1 unspecified atom stereocenters. The number of nitrogens with one attached hydrogen (secondary N) is 2. The molecule has 1 atom stereocenters. The third-order valence-corrected chi connectivity index (χ3v) is 6.93. The molecule has 1 aliphatic rings. The van der Waals surface area contributed by atoms with E-state index in [-0.39, 0.29) is 30.6 Å². The molecule has 35 heavy (non-hydrogen) atoms. The molecule has 188 valence electrons. The van der Waals surface area contributed by atoms with E-state index in [4.69, 9.17) is 9.47 Å². The minimum Gasteiger partial charge on any atom is -0.480 e. The quantitative estimate of drug-likeness (QED) is 0.381. The van der Waals surface area contributed by atoms with Crippen LogP contribution in [-0.4, -0.2) is 66.5 Å². The van der Waals surface area contributed by atoms with Gasteiger partial charge in [0.2, 0.25) is 5.91 Å². The number of hydrogen-bond donors (Lipinski definition) is 3. The minimum atomic E-state index is -1.11. The van der Waals surface area contributed by atoms with Crippen molar-refractivity contribution in [3.63, 3.8) is 0 Å². The summed E-state index contributed by atoms with van der Waals surface area (Å²) in [5, 5.41) is 14.6. The molecule has 2 aromatic rings. The maximum Gasteiger partial charge on any atom is 0.407 e. The number of carbonyl (C=O) groups is 3. The van der Waals surface area contributed by atoms with Crippen molar-refractivity contribution in [2.75, 3.05) is 31.8 Å². The van der Waals surface area contributed by atoms with Crippen molar-refractivity contribution in [1.29, 1.82) is 0 Å². The molecule has 2 amide bonds. The third-order valence-electron chi connectivity index (χ3n) is 5.97. The van der Waals surface area contributed by atoms with Crippen molar-refractivity contribution in [1.82, 2.24) is 10.6 Å². The van der Waals surface area contributed by atoms with Gasteiger partial charge < -0.3 is 25.2 Å². The molecule has 0 saturated heterocycles. The number of rotatable bonds is 12. The van der Waals surface area contributed by atoms with Crippen LogP contribution >= 0.6 is 11.8 Å². The Morgan fingerprint density at radius 1 is 1.06 bits per heavy atom. The predicted octanol–water partition coefficient (Wildman–Crippen LogP) is 3.64. The summed E-state index contributed by atoms with van der Waals surface area (Å²) in [5.41, 5.74) is 3.97. The van der Waals surface area contributed by atoms with E-state index in [0.29, 0.717) is 12.3 Å². The highest BCUT2D eigenvalue weighted by molar-refractivity contribution is 7.99. The zero-order chi connectivity index (χ0) is 25.4. The van der Waals surface area contributed by atoms with Gasteiger partial charge in [-0.05, 0) is 36.1 Å². The number of alkyl carbamates (subject to hydrolysis) is 1. The van der Waals surface area contributed by atoms with Crippen molar-refractivity contribution < 1.29 is 29.0 Å². The van der Waals surface area contributed by atoms with Gasteiger partial charge in [-0.2, -0.15) is 11.8 Å². The van der Waals surface area contributed by atoms with Gasteiger partial charge in [0.05, 0.1) is 11.4 Å². The highest BCUT2D eigenvalue weighted by Gasteiger charge is 2.30. The van der Waals surface area contributed by atoms with Crippen LogP contribution < -0.4 is 10.6 Å². The number of ether oxygens (including phenoxy) is 2. The summed E-state index contributed by atoms with van der Waals surface area (Å²) >= 11 is 1.30. The molecule has 1 aliphatic carbocycles. The molecule has 0 saturated carbocycles. The standard InChI is InChI=1S/C26H32N2O6S/c1-26(2,33-3)14-22(24(30)31)28-23(29)16-35-13-12-27-25(32)34-15-21-19-10-6-4-8-17(19)18-9-5-7-11-20(18)21/h4-11,21-22H,12-16H2,1-3H3,(H,27,32)(H,28,29)(H,30,31). The summed E-state index contributed by atoms with van der Waals surface area (Å²) in [6, 6.07) is 15.2. The van der Waals surface area contributed by atoms with E-state index in [1.807, 2.05) is 24.3 Å². The Kier molecular flexibility index (Phi) is 9.17. The van der Waals surface area contributed by atoms with Crippen molar-refractivity contribution >= 4 is 29.7 Å². The molecule has 0 aliphatic heterocycles. The van der Waals surface area contributed by atoms with Crippen molar-refractivity contribution in [3.05, 3.63) is 59.7 Å². The Balaban J connectivity index is 1.37. The summed E-state index contributed by atoms with van der Waals surface area (Å²) in [6.45, 7) is 4.09. The van der Waals surface area contributed by atoms with Gasteiger partial charge in [-0.1, -0.05) is 48.5 Å². The van der Waals surface area contributed by atoms with E-state index in [1.165, 1.54) is 30.0 Å². The predicted molar refractivity (Wildman–Crippen MR) is 136 cm³/mol. The van der Waals surface area contributed by atoms with Crippen LogP contribution in [0.2, 0.25) is 0 Å². The largest absolute Gasteiger partial charge is 0.480 e. The number of hydrogen-bond acceptors (Lipinski definition) is 6. The summed E-state index contributed by atoms with van der Waals surface area (Å²) in [7, 11) is 1.50. The lowest BCUT2D eigenvalue weighted by molar-refractivity contribution is -0.143. The molecule has 0 fully saturated rings. The second-order valence-electron chi connectivity index (χ2n) is 8.93. The van der Waals surface area contributed by atoms with Crippen LogP contribution in [0.25, 0.3) is 11.1 Å². The molecular weight excluding hydrogens is 468 g/mol. The highest BCUT2D eigenvalue weighted by Crippen LogP contribution is 2.44. The van der Waals surface area contributed by atoms with E-state index in [9.17, 15) is 19.5 Å². The molecule has 0 bridgehead atoms. The van der Waals surface area contributed by atoms with Gasteiger partial charge in [0.25, 0.3) is 0 Å². The number of aliphatic carboxylic acids is 1. The number of benzene rings is 2. The Hall–Kier alpha value is -3.04. The van der Waals surface area contributed by atoms with Crippen LogP contribution in [-0.2, 0) is 19.1 Å². The summed E-state index contributed by atoms with van der Waals surface area (Å²) in [4.78, 5) is 35.8. The van der Waals surface area contributed by atoms with Gasteiger partial charge in [-0.15, -0.1) is 0 Å². The fourth-order valence-corrected chi connectivity index (χ4v) is 4.71. The lowest BCUT2D eigenvalue weighted by Gasteiger charge is -2.26. The van der Waals surface area contributed by atoms with Crippen LogP contribution in [0.1, 0.15) is 37.3 Å². The fourth-order valence-electron chi connectivity index (χ4n) is 4.05.